The van der Waals surface area contributed by atoms with Crippen LogP contribution in [0.4, 0.5) is 5.69 Å². The van der Waals surface area contributed by atoms with Crippen molar-refractivity contribution in [2.24, 2.45) is 0 Å². The van der Waals surface area contributed by atoms with Crippen molar-refractivity contribution in [2.75, 3.05) is 31.1 Å². The van der Waals surface area contributed by atoms with E-state index >= 15 is 0 Å². The van der Waals surface area contributed by atoms with Gasteiger partial charge in [-0.2, -0.15) is 4.57 Å². The van der Waals surface area contributed by atoms with Gasteiger partial charge >= 0.3 is 0 Å². The molecule has 1 aromatic heterocycles. The molecule has 0 aliphatic carbocycles. The molecule has 0 bridgehead atoms. The molecule has 0 atom stereocenters. The number of rotatable bonds is 3. The quantitative estimate of drug-likeness (QED) is 0.330. The number of nitrogens with zero attached hydrogens (tertiary/aromatic N) is 3. The van der Waals surface area contributed by atoms with Gasteiger partial charge in [0.25, 0.3) is 0 Å². The molecular weight excluding hydrogens is 511 g/mol. The summed E-state index contributed by atoms with van der Waals surface area (Å²) in [5, 5.41) is 11.2. The van der Waals surface area contributed by atoms with Crippen molar-refractivity contribution >= 4 is 30.9 Å². The molecule has 1 aromatic carbocycles. The number of hydrogen-bond donors (Lipinski definition) is 0. The van der Waals surface area contributed by atoms with Gasteiger partial charge in [-0.3, -0.25) is 0 Å². The summed E-state index contributed by atoms with van der Waals surface area (Å²) in [6.07, 6.45) is 4.04. The van der Waals surface area contributed by atoms with Crippen LogP contribution in [0.5, 0.6) is 5.75 Å². The van der Waals surface area contributed by atoms with Gasteiger partial charge < -0.3 is 40.2 Å². The summed E-state index contributed by atoms with van der Waals surface area (Å²) in [4.78, 5) is 4.49. The van der Waals surface area contributed by atoms with Crippen LogP contribution in [-0.4, -0.2) is 35.8 Å². The summed E-state index contributed by atoms with van der Waals surface area (Å²) < 4.78 is 1.80. The van der Waals surface area contributed by atoms with Gasteiger partial charge in [0, 0.05) is 78.5 Å². The Hall–Kier alpha value is -0.630. The van der Waals surface area contributed by atoms with Gasteiger partial charge in [-0.25, -0.2) is 4.71 Å². The van der Waals surface area contributed by atoms with Crippen LogP contribution < -0.4 is 14.6 Å². The number of hydrogen-bond acceptors (Lipinski definition) is 5. The molecule has 1 aliphatic heterocycles. The van der Waals surface area contributed by atoms with E-state index in [1.807, 2.05) is 29.1 Å². The zero-order valence-electron chi connectivity index (χ0n) is 12.4. The van der Waals surface area contributed by atoms with Gasteiger partial charge in [0.15, 0.2) is 12.4 Å². The molecular formula is C16H17AuN3OS2-2. The van der Waals surface area contributed by atoms with Crippen molar-refractivity contribution in [3.05, 3.63) is 48.8 Å². The van der Waals surface area contributed by atoms with Crippen molar-refractivity contribution in [3.63, 3.8) is 0 Å². The van der Waals surface area contributed by atoms with E-state index in [-0.39, 0.29) is 32.8 Å². The van der Waals surface area contributed by atoms with E-state index in [0.29, 0.717) is 0 Å². The first kappa shape index (κ1) is 18.7. The zero-order valence-corrected chi connectivity index (χ0v) is 16.2. The molecule has 2 aromatic rings. The molecule has 1 aliphatic rings. The topological polar surface area (TPSA) is 33.4 Å². The Balaban J connectivity index is 0.00000192. The minimum atomic E-state index is -0.205. The van der Waals surface area contributed by atoms with Crippen LogP contribution in [0.1, 0.15) is 0 Å². The Morgan fingerprint density at radius 3 is 2.00 bits per heavy atom. The second kappa shape index (κ2) is 8.46. The minimum absolute atomic E-state index is 0. The van der Waals surface area contributed by atoms with Crippen LogP contribution in [0.2, 0.25) is 0 Å². The standard InChI is InChI=1S/C16H19N3OS2.Au/c20-15-3-1-13(2-4-15)17-7-5-14(6-8-17)18-9-11-19(12-10-18)16(21)22;/h1-8,16H,9-12H2,(H2-,20,21,22);/p-2. The SMILES string of the molecule is [Au].[O-]c1ccc(-[n+]2ccc(N3CCN(C([S-])[S-])CC3)cc2)cc1. The molecule has 1 fully saturated rings. The van der Waals surface area contributed by atoms with Crippen molar-refractivity contribution in [3.8, 4) is 11.4 Å². The summed E-state index contributed by atoms with van der Waals surface area (Å²) in [7, 11) is 0. The van der Waals surface area contributed by atoms with Gasteiger partial charge in [-0.1, -0.05) is 12.1 Å². The molecule has 1 saturated heterocycles. The Morgan fingerprint density at radius 1 is 0.913 bits per heavy atom. The average molecular weight is 528 g/mol. The fourth-order valence-corrected chi connectivity index (χ4v) is 3.03. The van der Waals surface area contributed by atoms with Gasteiger partial charge in [0.1, 0.15) is 0 Å². The predicted octanol–water partition coefficient (Wildman–Crippen LogP) is 0.534. The van der Waals surface area contributed by atoms with Crippen molar-refractivity contribution < 1.29 is 32.1 Å². The first-order valence-electron chi connectivity index (χ1n) is 7.23. The maximum Gasteiger partial charge on any atom is 0.210 e. The van der Waals surface area contributed by atoms with Crippen LogP contribution in [0.25, 0.3) is 5.69 Å². The van der Waals surface area contributed by atoms with Gasteiger partial charge in [-0.15, -0.1) is 5.75 Å². The van der Waals surface area contributed by atoms with Crippen molar-refractivity contribution in [1.29, 1.82) is 0 Å². The van der Waals surface area contributed by atoms with Crippen molar-refractivity contribution in [2.45, 2.75) is 4.71 Å². The Bertz CT molecular complexity index is 614. The van der Waals surface area contributed by atoms with Gasteiger partial charge in [0.2, 0.25) is 5.69 Å². The van der Waals surface area contributed by atoms with E-state index in [0.717, 1.165) is 31.9 Å². The molecule has 0 N–H and O–H groups in total. The molecule has 1 radical (unpaired) electrons. The average Bonchev–Trinajstić information content (AvgIpc) is 2.56. The normalized spacial score (nSPS) is 15.5. The second-order valence-electron chi connectivity index (χ2n) is 5.29. The zero-order chi connectivity index (χ0) is 15.5. The molecule has 3 rings (SSSR count). The fraction of sp³-hybridized carbons (Fsp3) is 0.312. The third-order valence-corrected chi connectivity index (χ3v) is 4.52. The summed E-state index contributed by atoms with van der Waals surface area (Å²) in [5.74, 6) is 0.0284. The summed E-state index contributed by atoms with van der Waals surface area (Å²) in [5.41, 5.74) is 2.18. The Morgan fingerprint density at radius 2 is 1.48 bits per heavy atom. The van der Waals surface area contributed by atoms with E-state index in [4.69, 9.17) is 25.3 Å². The third kappa shape index (κ3) is 4.68. The number of aromatic nitrogens is 1. The molecule has 23 heavy (non-hydrogen) atoms. The van der Waals surface area contributed by atoms with Crippen LogP contribution in [0, 0.1) is 0 Å². The molecule has 127 valence electrons. The summed E-state index contributed by atoms with van der Waals surface area (Å²) in [6.45, 7) is 3.71. The fourth-order valence-electron chi connectivity index (χ4n) is 2.61. The van der Waals surface area contributed by atoms with Crippen LogP contribution >= 0.6 is 0 Å². The van der Waals surface area contributed by atoms with E-state index in [1.54, 1.807) is 12.1 Å². The van der Waals surface area contributed by atoms with Crippen LogP contribution in [0.15, 0.2) is 48.8 Å². The van der Waals surface area contributed by atoms with E-state index in [2.05, 4.69) is 21.9 Å². The van der Waals surface area contributed by atoms with Crippen LogP contribution in [0.3, 0.4) is 0 Å². The smallest absolute Gasteiger partial charge is 0.210 e. The van der Waals surface area contributed by atoms with E-state index in [9.17, 15) is 5.11 Å². The van der Waals surface area contributed by atoms with E-state index in [1.165, 1.54) is 5.69 Å². The number of anilines is 1. The predicted molar refractivity (Wildman–Crippen MR) is 89.7 cm³/mol. The molecule has 0 saturated carbocycles. The molecule has 7 heteroatoms. The molecule has 0 unspecified atom stereocenters. The van der Waals surface area contributed by atoms with Crippen molar-refractivity contribution in [1.82, 2.24) is 4.90 Å². The summed E-state index contributed by atoms with van der Waals surface area (Å²) >= 11 is 10.3. The second-order valence-corrected chi connectivity index (χ2v) is 6.48. The van der Waals surface area contributed by atoms with Gasteiger partial charge in [-0.05, 0) is 0 Å². The Kier molecular flexibility index (Phi) is 6.88. The third-order valence-electron chi connectivity index (χ3n) is 3.92. The monoisotopic (exact) mass is 528 g/mol. The molecule has 4 nitrogen and oxygen atoms in total. The number of pyridine rings is 1. The maximum absolute atomic E-state index is 11.2. The minimum Gasteiger partial charge on any atom is -0.872 e. The first-order chi connectivity index (χ1) is 10.6. The number of piperazine rings is 1. The molecule has 0 amide bonds. The Labute approximate surface area is 163 Å². The number of benzene rings is 1. The van der Waals surface area contributed by atoms with Crippen LogP contribution in [-0.2, 0) is 47.6 Å². The largest absolute Gasteiger partial charge is 0.872 e. The first-order valence-corrected chi connectivity index (χ1v) is 8.17. The maximum atomic E-state index is 11.2. The molecule has 0 spiro atoms. The molecule has 2 heterocycles. The van der Waals surface area contributed by atoms with Gasteiger partial charge in [0.05, 0.1) is 0 Å². The van der Waals surface area contributed by atoms with E-state index < -0.39 is 0 Å². The summed E-state index contributed by atoms with van der Waals surface area (Å²) in [6, 6.07) is 11.0.